The summed E-state index contributed by atoms with van der Waals surface area (Å²) in [6, 6.07) is 9.46. The zero-order valence-electron chi connectivity index (χ0n) is 17.5. The van der Waals surface area contributed by atoms with Crippen LogP contribution in [0.15, 0.2) is 48.8 Å². The lowest BCUT2D eigenvalue weighted by Crippen LogP contribution is -2.37. The molecule has 4 aromatic rings. The maximum atomic E-state index is 14.2. The van der Waals surface area contributed by atoms with Crippen LogP contribution in [0.25, 0.3) is 28.2 Å². The number of ether oxygens (including phenoxy) is 1. The molecule has 0 spiro atoms. The van der Waals surface area contributed by atoms with Gasteiger partial charge in [0.15, 0.2) is 23.1 Å². The molecule has 0 aliphatic carbocycles. The number of imidazole rings is 1. The first-order chi connectivity index (χ1) is 16.1. The van der Waals surface area contributed by atoms with Crippen molar-refractivity contribution in [3.63, 3.8) is 0 Å². The number of fused-ring (bicyclic) bond motifs is 2. The molecule has 0 unspecified atom stereocenters. The van der Waals surface area contributed by atoms with E-state index in [9.17, 15) is 13.6 Å². The lowest BCUT2D eigenvalue weighted by atomic mass is 10.0. The molecule has 9 heteroatoms. The van der Waals surface area contributed by atoms with E-state index in [-0.39, 0.29) is 5.91 Å². The Hall–Kier alpha value is -3.85. The van der Waals surface area contributed by atoms with Crippen LogP contribution in [0.2, 0.25) is 0 Å². The van der Waals surface area contributed by atoms with E-state index < -0.39 is 11.6 Å². The maximum absolute atomic E-state index is 14.2. The fourth-order valence-corrected chi connectivity index (χ4v) is 4.46. The van der Waals surface area contributed by atoms with Crippen LogP contribution in [0.3, 0.4) is 0 Å². The number of rotatable bonds is 3. The number of halogens is 2. The smallest absolute Gasteiger partial charge is 0.228 e. The number of carbonyl (C=O) groups is 1. The summed E-state index contributed by atoms with van der Waals surface area (Å²) in [5, 5.41) is 2.84. The van der Waals surface area contributed by atoms with Crippen molar-refractivity contribution in [2.24, 2.45) is 0 Å². The van der Waals surface area contributed by atoms with Crippen molar-refractivity contribution in [2.75, 3.05) is 36.5 Å². The third-order valence-corrected chi connectivity index (χ3v) is 6.03. The van der Waals surface area contributed by atoms with Crippen molar-refractivity contribution in [1.29, 1.82) is 0 Å². The third-order valence-electron chi connectivity index (χ3n) is 6.03. The summed E-state index contributed by atoms with van der Waals surface area (Å²) < 4.78 is 35.2. The highest BCUT2D eigenvalue weighted by Crippen LogP contribution is 2.37. The fourth-order valence-electron chi connectivity index (χ4n) is 4.46. The van der Waals surface area contributed by atoms with Crippen LogP contribution in [-0.4, -0.2) is 46.6 Å². The summed E-state index contributed by atoms with van der Waals surface area (Å²) in [6.45, 7) is 2.56. The van der Waals surface area contributed by atoms with Gasteiger partial charge in [0.2, 0.25) is 5.91 Å². The van der Waals surface area contributed by atoms with Gasteiger partial charge in [-0.2, -0.15) is 0 Å². The normalized spacial score (nSPS) is 15.7. The number of aromatic nitrogens is 3. The van der Waals surface area contributed by atoms with E-state index in [1.54, 1.807) is 6.20 Å². The van der Waals surface area contributed by atoms with Crippen LogP contribution < -0.4 is 10.2 Å². The molecule has 1 saturated heterocycles. The highest BCUT2D eigenvalue weighted by molar-refractivity contribution is 6.00. The van der Waals surface area contributed by atoms with Gasteiger partial charge < -0.3 is 15.0 Å². The molecule has 2 aromatic carbocycles. The molecule has 0 radical (unpaired) electrons. The van der Waals surface area contributed by atoms with Crippen LogP contribution in [0.4, 0.5) is 20.3 Å². The number of morpholine rings is 1. The van der Waals surface area contributed by atoms with E-state index >= 15 is 0 Å². The van der Waals surface area contributed by atoms with Gasteiger partial charge in [-0.3, -0.25) is 9.20 Å². The summed E-state index contributed by atoms with van der Waals surface area (Å²) in [5.41, 5.74) is 4.77. The van der Waals surface area contributed by atoms with Crippen LogP contribution in [0, 0.1) is 11.6 Å². The molecule has 2 aliphatic rings. The molecular weight excluding hydrogens is 428 g/mol. The second kappa shape index (κ2) is 7.63. The molecule has 1 N–H and O–H groups in total. The average Bonchev–Trinajstić information content (AvgIpc) is 3.40. The number of carbonyl (C=O) groups excluding carboxylic acids is 1. The van der Waals surface area contributed by atoms with Crippen LogP contribution in [-0.2, 0) is 16.0 Å². The lowest BCUT2D eigenvalue weighted by molar-refractivity contribution is -0.115. The molecular formula is C24H19F2N5O2. The van der Waals surface area contributed by atoms with Crippen LogP contribution in [0.5, 0.6) is 0 Å². The van der Waals surface area contributed by atoms with Gasteiger partial charge in [0, 0.05) is 42.3 Å². The van der Waals surface area contributed by atoms with Crippen molar-refractivity contribution < 1.29 is 18.3 Å². The predicted octanol–water partition coefficient (Wildman–Crippen LogP) is 3.67. The summed E-state index contributed by atoms with van der Waals surface area (Å²) in [5.74, 6) is -1.21. The maximum Gasteiger partial charge on any atom is 0.228 e. The molecule has 2 aliphatic heterocycles. The van der Waals surface area contributed by atoms with Gasteiger partial charge in [-0.05, 0) is 35.9 Å². The fraction of sp³-hybridized carbons (Fsp3) is 0.208. The Morgan fingerprint density at radius 3 is 2.64 bits per heavy atom. The Kier molecular flexibility index (Phi) is 4.58. The molecule has 0 bridgehead atoms. The van der Waals surface area contributed by atoms with E-state index in [1.165, 1.54) is 6.07 Å². The Morgan fingerprint density at radius 2 is 1.82 bits per heavy atom. The average molecular weight is 447 g/mol. The molecule has 7 nitrogen and oxygen atoms in total. The summed E-state index contributed by atoms with van der Waals surface area (Å²) >= 11 is 0. The Labute approximate surface area is 187 Å². The SMILES string of the molecule is O=C1Cc2cc(-c3c(-c4ccc(F)c(F)c4)nc4c(N5CCOCC5)nccn34)ccc2N1. The lowest BCUT2D eigenvalue weighted by Gasteiger charge is -2.27. The highest BCUT2D eigenvalue weighted by Gasteiger charge is 2.25. The van der Waals surface area contributed by atoms with E-state index in [0.717, 1.165) is 34.6 Å². The molecule has 0 saturated carbocycles. The Bertz CT molecular complexity index is 1410. The second-order valence-electron chi connectivity index (χ2n) is 8.08. The van der Waals surface area contributed by atoms with Gasteiger partial charge in [0.05, 0.1) is 31.0 Å². The monoisotopic (exact) mass is 447 g/mol. The molecule has 6 rings (SSSR count). The van der Waals surface area contributed by atoms with E-state index in [2.05, 4.69) is 15.2 Å². The van der Waals surface area contributed by atoms with Crippen molar-refractivity contribution in [1.82, 2.24) is 14.4 Å². The summed E-state index contributed by atoms with van der Waals surface area (Å²) in [6.07, 6.45) is 3.80. The Morgan fingerprint density at radius 1 is 1.00 bits per heavy atom. The standard InChI is InChI=1S/C24H19F2N5O2/c25-17-3-1-14(12-18(17)26)21-22(15-2-4-19-16(11-15)13-20(32)28-19)31-6-5-27-23(24(31)29-21)30-7-9-33-10-8-30/h1-6,11-12H,7-10,13H2,(H,28,32). The minimum absolute atomic E-state index is 0.0556. The van der Waals surface area contributed by atoms with E-state index in [0.29, 0.717) is 55.4 Å². The largest absolute Gasteiger partial charge is 0.378 e. The number of anilines is 2. The van der Waals surface area contributed by atoms with Crippen LogP contribution in [0.1, 0.15) is 5.56 Å². The molecule has 166 valence electrons. The minimum atomic E-state index is -0.939. The molecule has 33 heavy (non-hydrogen) atoms. The minimum Gasteiger partial charge on any atom is -0.378 e. The van der Waals surface area contributed by atoms with Gasteiger partial charge >= 0.3 is 0 Å². The molecule has 1 fully saturated rings. The molecule has 0 atom stereocenters. The Balaban J connectivity index is 1.60. The molecule has 2 aromatic heterocycles. The van der Waals surface area contributed by atoms with Gasteiger partial charge in [-0.1, -0.05) is 6.07 Å². The number of benzene rings is 2. The zero-order chi connectivity index (χ0) is 22.5. The molecule has 1 amide bonds. The molecule has 4 heterocycles. The van der Waals surface area contributed by atoms with Gasteiger partial charge in [0.1, 0.15) is 0 Å². The number of hydrogen-bond donors (Lipinski definition) is 1. The van der Waals surface area contributed by atoms with Gasteiger partial charge in [0.25, 0.3) is 0 Å². The van der Waals surface area contributed by atoms with Crippen molar-refractivity contribution >= 4 is 23.1 Å². The summed E-state index contributed by atoms with van der Waals surface area (Å²) in [7, 11) is 0. The predicted molar refractivity (Wildman–Crippen MR) is 119 cm³/mol. The van der Waals surface area contributed by atoms with Crippen molar-refractivity contribution in [3.8, 4) is 22.5 Å². The van der Waals surface area contributed by atoms with Gasteiger partial charge in [-0.15, -0.1) is 0 Å². The number of nitrogens with zero attached hydrogens (tertiary/aromatic N) is 4. The number of amides is 1. The quantitative estimate of drug-likeness (QED) is 0.519. The topological polar surface area (TPSA) is 71.8 Å². The van der Waals surface area contributed by atoms with Crippen LogP contribution >= 0.6 is 0 Å². The first kappa shape index (κ1) is 19.8. The van der Waals surface area contributed by atoms with Crippen molar-refractivity contribution in [3.05, 3.63) is 66.0 Å². The number of nitrogens with one attached hydrogen (secondary N) is 1. The van der Waals surface area contributed by atoms with E-state index in [4.69, 9.17) is 9.72 Å². The second-order valence-corrected chi connectivity index (χ2v) is 8.08. The summed E-state index contributed by atoms with van der Waals surface area (Å²) in [4.78, 5) is 23.4. The third kappa shape index (κ3) is 3.32. The first-order valence-electron chi connectivity index (χ1n) is 10.7. The zero-order valence-corrected chi connectivity index (χ0v) is 17.5. The highest BCUT2D eigenvalue weighted by atomic mass is 19.2. The van der Waals surface area contributed by atoms with Crippen molar-refractivity contribution in [2.45, 2.75) is 6.42 Å². The van der Waals surface area contributed by atoms with Gasteiger partial charge in [-0.25, -0.2) is 18.7 Å². The number of hydrogen-bond acceptors (Lipinski definition) is 5. The van der Waals surface area contributed by atoms with E-state index in [1.807, 2.05) is 28.8 Å². The first-order valence-corrected chi connectivity index (χ1v) is 10.7.